The lowest BCUT2D eigenvalue weighted by molar-refractivity contribution is -0.237. The highest BCUT2D eigenvalue weighted by Gasteiger charge is 2.59. The van der Waals surface area contributed by atoms with E-state index in [-0.39, 0.29) is 24.3 Å². The normalized spacial score (nSPS) is 27.9. The van der Waals surface area contributed by atoms with Crippen LogP contribution < -0.4 is 5.32 Å². The Hall–Kier alpha value is -1.40. The maximum absolute atomic E-state index is 11.9. The molecule has 6 nitrogen and oxygen atoms in total. The molecule has 2 N–H and O–H groups in total. The highest BCUT2D eigenvalue weighted by atomic mass is 16.5. The summed E-state index contributed by atoms with van der Waals surface area (Å²) in [5.74, 6) is -0.209. The predicted molar refractivity (Wildman–Crippen MR) is 72.3 cm³/mol. The Morgan fingerprint density at radius 3 is 2.85 bits per heavy atom. The van der Waals surface area contributed by atoms with Gasteiger partial charge in [0.15, 0.2) is 0 Å². The van der Waals surface area contributed by atoms with E-state index in [4.69, 9.17) is 9.26 Å². The molecule has 1 heterocycles. The van der Waals surface area contributed by atoms with Crippen molar-refractivity contribution in [1.29, 1.82) is 0 Å². The fraction of sp³-hybridized carbons (Fsp3) is 0.714. The lowest BCUT2D eigenvalue weighted by Crippen LogP contribution is -2.68. The van der Waals surface area contributed by atoms with Crippen LogP contribution in [0.1, 0.15) is 43.4 Å². The predicted octanol–water partition coefficient (Wildman–Crippen LogP) is 1.28. The molecule has 1 aromatic rings. The Morgan fingerprint density at radius 1 is 1.65 bits per heavy atom. The molecule has 0 saturated heterocycles. The van der Waals surface area contributed by atoms with E-state index in [0.717, 1.165) is 0 Å². The third-order valence-corrected chi connectivity index (χ3v) is 4.29. The third-order valence-electron chi connectivity index (χ3n) is 4.29. The quantitative estimate of drug-likeness (QED) is 0.849. The number of ether oxygens (including phenoxy) is 1. The summed E-state index contributed by atoms with van der Waals surface area (Å²) in [5, 5.41) is 17.0. The molecule has 0 aliphatic heterocycles. The third kappa shape index (κ3) is 2.45. The van der Waals surface area contributed by atoms with Crippen LogP contribution in [0.3, 0.4) is 0 Å². The largest absolute Gasteiger partial charge is 0.387 e. The van der Waals surface area contributed by atoms with Gasteiger partial charge in [-0.05, 0) is 13.8 Å². The fourth-order valence-corrected chi connectivity index (χ4v) is 2.55. The number of aromatic nitrogens is 1. The van der Waals surface area contributed by atoms with Gasteiger partial charge >= 0.3 is 0 Å². The van der Waals surface area contributed by atoms with Crippen LogP contribution in [0.4, 0.5) is 0 Å². The van der Waals surface area contributed by atoms with E-state index in [2.05, 4.69) is 10.5 Å². The Labute approximate surface area is 118 Å². The lowest BCUT2D eigenvalue weighted by Gasteiger charge is -2.57. The molecule has 1 aliphatic carbocycles. The molecule has 2 rings (SSSR count). The Kier molecular flexibility index (Phi) is 3.88. The number of aliphatic hydroxyl groups is 1. The summed E-state index contributed by atoms with van der Waals surface area (Å²) in [6, 6.07) is 1.56. The minimum atomic E-state index is -0.961. The summed E-state index contributed by atoms with van der Waals surface area (Å²) in [4.78, 5) is 11.9. The molecular formula is C14H22N2O4. The molecule has 0 aromatic carbocycles. The Morgan fingerprint density at radius 2 is 2.35 bits per heavy atom. The van der Waals surface area contributed by atoms with Crippen molar-refractivity contribution in [3.8, 4) is 0 Å². The van der Waals surface area contributed by atoms with Crippen molar-refractivity contribution in [2.75, 3.05) is 13.2 Å². The minimum Gasteiger partial charge on any atom is -0.387 e. The van der Waals surface area contributed by atoms with E-state index >= 15 is 0 Å². The number of aryl methyl sites for hydroxylation is 1. The number of carbonyl (C=O) groups excluding carboxylic acids is 1. The van der Waals surface area contributed by atoms with Gasteiger partial charge in [0.25, 0.3) is 5.91 Å². The van der Waals surface area contributed by atoms with E-state index in [1.165, 1.54) is 0 Å². The second kappa shape index (κ2) is 5.18. The summed E-state index contributed by atoms with van der Waals surface area (Å²) in [6.07, 6.45) is 0.533. The van der Waals surface area contributed by atoms with Crippen LogP contribution in [-0.2, 0) is 4.74 Å². The van der Waals surface area contributed by atoms with Crippen LogP contribution in [-0.4, -0.2) is 41.0 Å². The van der Waals surface area contributed by atoms with Crippen LogP contribution in [0.2, 0.25) is 0 Å². The first-order valence-corrected chi connectivity index (χ1v) is 6.85. The summed E-state index contributed by atoms with van der Waals surface area (Å²) >= 11 is 0. The monoisotopic (exact) mass is 282 g/mol. The van der Waals surface area contributed by atoms with Crippen molar-refractivity contribution in [2.45, 2.75) is 45.8 Å². The molecule has 1 amide bonds. The van der Waals surface area contributed by atoms with Crippen LogP contribution >= 0.6 is 0 Å². The van der Waals surface area contributed by atoms with E-state index in [1.54, 1.807) is 13.0 Å². The standard InChI is InChI=1S/C14H22N2O4/c1-5-19-11-7-14(18,13(11,3)4)8-15-12(17)10-6-9(2)16-20-10/h6,11,18H,5,7-8H2,1-4H3,(H,15,17). The molecule has 20 heavy (non-hydrogen) atoms. The summed E-state index contributed by atoms with van der Waals surface area (Å²) in [7, 11) is 0. The zero-order valence-corrected chi connectivity index (χ0v) is 12.4. The van der Waals surface area contributed by atoms with Crippen LogP contribution in [0.15, 0.2) is 10.6 Å². The molecule has 2 unspecified atom stereocenters. The SMILES string of the molecule is CCOC1CC(O)(CNC(=O)c2cc(C)no2)C1(C)C. The van der Waals surface area contributed by atoms with Crippen molar-refractivity contribution >= 4 is 5.91 Å². The number of rotatable bonds is 5. The first-order chi connectivity index (χ1) is 9.30. The average molecular weight is 282 g/mol. The van der Waals surface area contributed by atoms with Crippen molar-refractivity contribution in [1.82, 2.24) is 10.5 Å². The Bertz CT molecular complexity index is 497. The van der Waals surface area contributed by atoms with Crippen molar-refractivity contribution in [2.24, 2.45) is 5.41 Å². The van der Waals surface area contributed by atoms with Crippen molar-refractivity contribution in [3.05, 3.63) is 17.5 Å². The van der Waals surface area contributed by atoms with Crippen LogP contribution in [0, 0.1) is 12.3 Å². The highest BCUT2D eigenvalue weighted by Crippen LogP contribution is 2.50. The van der Waals surface area contributed by atoms with Crippen LogP contribution in [0.25, 0.3) is 0 Å². The number of hydrogen-bond donors (Lipinski definition) is 2. The van der Waals surface area contributed by atoms with Gasteiger partial charge in [-0.1, -0.05) is 19.0 Å². The number of nitrogens with one attached hydrogen (secondary N) is 1. The molecule has 2 atom stereocenters. The fourth-order valence-electron chi connectivity index (χ4n) is 2.55. The molecule has 1 aromatic heterocycles. The van der Waals surface area contributed by atoms with Gasteiger partial charge in [0.05, 0.1) is 17.4 Å². The minimum absolute atomic E-state index is 0.0157. The van der Waals surface area contributed by atoms with E-state index in [9.17, 15) is 9.90 Å². The first-order valence-electron chi connectivity index (χ1n) is 6.85. The van der Waals surface area contributed by atoms with Gasteiger partial charge in [0.2, 0.25) is 5.76 Å². The second-order valence-corrected chi connectivity index (χ2v) is 5.92. The summed E-state index contributed by atoms with van der Waals surface area (Å²) < 4.78 is 10.5. The molecule has 1 saturated carbocycles. The van der Waals surface area contributed by atoms with Gasteiger partial charge in [0, 0.05) is 31.1 Å². The average Bonchev–Trinajstić information content (AvgIpc) is 2.82. The van der Waals surface area contributed by atoms with E-state index < -0.39 is 11.0 Å². The van der Waals surface area contributed by atoms with Gasteiger partial charge in [-0.25, -0.2) is 0 Å². The number of amides is 1. The maximum atomic E-state index is 11.9. The molecule has 6 heteroatoms. The molecule has 1 fully saturated rings. The summed E-state index contributed by atoms with van der Waals surface area (Å²) in [6.45, 7) is 8.36. The molecule has 0 bridgehead atoms. The molecular weight excluding hydrogens is 260 g/mol. The van der Waals surface area contributed by atoms with Gasteiger partial charge in [-0.3, -0.25) is 4.79 Å². The zero-order valence-electron chi connectivity index (χ0n) is 12.4. The number of carbonyl (C=O) groups is 1. The molecule has 0 radical (unpaired) electrons. The van der Waals surface area contributed by atoms with Crippen molar-refractivity contribution in [3.63, 3.8) is 0 Å². The number of nitrogens with zero attached hydrogens (tertiary/aromatic N) is 1. The zero-order chi connectivity index (χ0) is 15.0. The topological polar surface area (TPSA) is 84.6 Å². The smallest absolute Gasteiger partial charge is 0.290 e. The van der Waals surface area contributed by atoms with Crippen LogP contribution in [0.5, 0.6) is 0 Å². The Balaban J connectivity index is 1.93. The molecule has 0 spiro atoms. The van der Waals surface area contributed by atoms with Gasteiger partial charge in [0.1, 0.15) is 0 Å². The maximum Gasteiger partial charge on any atom is 0.290 e. The second-order valence-electron chi connectivity index (χ2n) is 5.92. The molecule has 112 valence electrons. The number of hydrogen-bond acceptors (Lipinski definition) is 5. The summed E-state index contributed by atoms with van der Waals surface area (Å²) in [5.41, 5.74) is -0.709. The lowest BCUT2D eigenvalue weighted by atomic mass is 9.56. The van der Waals surface area contributed by atoms with Gasteiger partial charge in [-0.2, -0.15) is 0 Å². The first kappa shape index (κ1) is 15.0. The van der Waals surface area contributed by atoms with Gasteiger partial charge in [-0.15, -0.1) is 0 Å². The van der Waals surface area contributed by atoms with Gasteiger partial charge < -0.3 is 19.7 Å². The van der Waals surface area contributed by atoms with Crippen molar-refractivity contribution < 1.29 is 19.2 Å². The van der Waals surface area contributed by atoms with E-state index in [1.807, 2.05) is 20.8 Å². The van der Waals surface area contributed by atoms with E-state index in [0.29, 0.717) is 18.7 Å². The molecule has 1 aliphatic rings. The highest BCUT2D eigenvalue weighted by molar-refractivity contribution is 5.91.